The highest BCUT2D eigenvalue weighted by Crippen LogP contribution is 2.18. The second-order valence-electron chi connectivity index (χ2n) is 5.19. The Balaban J connectivity index is 0.00000225. The molecule has 0 atom stereocenters. The van der Waals surface area contributed by atoms with E-state index < -0.39 is 0 Å². The third-order valence-corrected chi connectivity index (χ3v) is 2.29. The van der Waals surface area contributed by atoms with Crippen molar-refractivity contribution >= 4 is 18.1 Å². The van der Waals surface area contributed by atoms with Gasteiger partial charge >= 0.3 is 0 Å². The Morgan fingerprint density at radius 3 is 1.94 bits per heavy atom. The molecule has 1 aromatic carbocycles. The molecule has 0 aromatic heterocycles. The van der Waals surface area contributed by atoms with E-state index in [1.807, 2.05) is 13.8 Å². The fraction of sp³-hybridized carbons (Fsp3) is 0.538. The number of aryl methyl sites for hydroxylation is 2. The van der Waals surface area contributed by atoms with Crippen molar-refractivity contribution in [2.75, 3.05) is 18.5 Å². The molecule has 0 spiro atoms. The van der Waals surface area contributed by atoms with Crippen molar-refractivity contribution in [1.29, 1.82) is 0 Å². The third-order valence-electron chi connectivity index (χ3n) is 2.29. The summed E-state index contributed by atoms with van der Waals surface area (Å²) < 4.78 is 0. The highest BCUT2D eigenvalue weighted by Gasteiger charge is 2.14. The minimum absolute atomic E-state index is 0. The molecule has 0 fully saturated rings. The molecule has 16 heavy (non-hydrogen) atoms. The zero-order valence-electron chi connectivity index (χ0n) is 10.9. The number of nitrogens with two attached hydrogens (primary N) is 1. The van der Waals surface area contributed by atoms with E-state index in [0.29, 0.717) is 0 Å². The van der Waals surface area contributed by atoms with E-state index in [9.17, 15) is 0 Å². The van der Waals surface area contributed by atoms with E-state index in [2.05, 4.69) is 44.0 Å². The molecule has 0 bridgehead atoms. The van der Waals surface area contributed by atoms with Gasteiger partial charge in [0, 0.05) is 24.8 Å². The summed E-state index contributed by atoms with van der Waals surface area (Å²) in [6.07, 6.45) is 0. The zero-order chi connectivity index (χ0) is 11.6. The molecule has 0 unspecified atom stereocenters. The van der Waals surface area contributed by atoms with E-state index in [-0.39, 0.29) is 17.9 Å². The smallest absolute Gasteiger partial charge is 0.0369 e. The van der Waals surface area contributed by atoms with Gasteiger partial charge in [0.2, 0.25) is 0 Å². The van der Waals surface area contributed by atoms with E-state index in [4.69, 9.17) is 5.73 Å². The van der Waals surface area contributed by atoms with Gasteiger partial charge in [-0.3, -0.25) is 0 Å². The SMILES string of the molecule is Cc1cc(C)cc(N(C)CC(C)(C)N)c1.Cl. The van der Waals surface area contributed by atoms with Gasteiger partial charge in [-0.1, -0.05) is 6.07 Å². The number of nitrogens with zero attached hydrogens (tertiary/aromatic N) is 1. The molecule has 3 heteroatoms. The van der Waals surface area contributed by atoms with E-state index >= 15 is 0 Å². The highest BCUT2D eigenvalue weighted by molar-refractivity contribution is 5.85. The van der Waals surface area contributed by atoms with Crippen LogP contribution in [0.1, 0.15) is 25.0 Å². The number of benzene rings is 1. The van der Waals surface area contributed by atoms with Crippen LogP contribution < -0.4 is 10.6 Å². The molecule has 2 nitrogen and oxygen atoms in total. The van der Waals surface area contributed by atoms with E-state index in [1.165, 1.54) is 16.8 Å². The fourth-order valence-electron chi connectivity index (χ4n) is 1.87. The van der Waals surface area contributed by atoms with Gasteiger partial charge < -0.3 is 10.6 Å². The van der Waals surface area contributed by atoms with Crippen LogP contribution in [-0.2, 0) is 0 Å². The lowest BCUT2D eigenvalue weighted by Gasteiger charge is -2.28. The van der Waals surface area contributed by atoms with Gasteiger partial charge in [0.15, 0.2) is 0 Å². The van der Waals surface area contributed by atoms with Crippen molar-refractivity contribution in [2.45, 2.75) is 33.2 Å². The molecule has 1 rings (SSSR count). The minimum Gasteiger partial charge on any atom is -0.373 e. The predicted octanol–water partition coefficient (Wildman–Crippen LogP) is 2.90. The second-order valence-corrected chi connectivity index (χ2v) is 5.19. The summed E-state index contributed by atoms with van der Waals surface area (Å²) in [6.45, 7) is 9.20. The molecule has 0 saturated carbocycles. The molecule has 0 heterocycles. The average molecular weight is 243 g/mol. The number of halogens is 1. The standard InChI is InChI=1S/C13H22N2.ClH/c1-10-6-11(2)8-12(7-10)15(5)9-13(3,4)14;/h6-8H,9,14H2,1-5H3;1H. The third kappa shape index (κ3) is 4.86. The van der Waals surface area contributed by atoms with Crippen molar-refractivity contribution in [3.05, 3.63) is 29.3 Å². The molecule has 0 aliphatic rings. The second kappa shape index (κ2) is 5.55. The van der Waals surface area contributed by atoms with Crippen LogP contribution in [0.5, 0.6) is 0 Å². The summed E-state index contributed by atoms with van der Waals surface area (Å²) >= 11 is 0. The number of likely N-dealkylation sites (N-methyl/N-ethyl adjacent to an activating group) is 1. The first kappa shape index (κ1) is 15.3. The molecule has 0 saturated heterocycles. The molecular formula is C13H23ClN2. The van der Waals surface area contributed by atoms with Gasteiger partial charge in [-0.15, -0.1) is 12.4 Å². The van der Waals surface area contributed by atoms with Gasteiger partial charge in [0.05, 0.1) is 0 Å². The van der Waals surface area contributed by atoms with Crippen LogP contribution in [-0.4, -0.2) is 19.1 Å². The number of rotatable bonds is 3. The Hall–Kier alpha value is -0.730. The van der Waals surface area contributed by atoms with E-state index in [1.54, 1.807) is 0 Å². The van der Waals surface area contributed by atoms with Crippen molar-refractivity contribution < 1.29 is 0 Å². The van der Waals surface area contributed by atoms with Crippen molar-refractivity contribution in [3.8, 4) is 0 Å². The summed E-state index contributed by atoms with van der Waals surface area (Å²) in [4.78, 5) is 2.21. The summed E-state index contributed by atoms with van der Waals surface area (Å²) in [5.74, 6) is 0. The lowest BCUT2D eigenvalue weighted by atomic mass is 10.1. The maximum Gasteiger partial charge on any atom is 0.0369 e. The Bertz CT molecular complexity index is 322. The van der Waals surface area contributed by atoms with Crippen molar-refractivity contribution in [1.82, 2.24) is 0 Å². The summed E-state index contributed by atoms with van der Waals surface area (Å²) in [7, 11) is 2.09. The Morgan fingerprint density at radius 1 is 1.12 bits per heavy atom. The summed E-state index contributed by atoms with van der Waals surface area (Å²) in [5, 5.41) is 0. The van der Waals surface area contributed by atoms with Crippen molar-refractivity contribution in [2.24, 2.45) is 5.73 Å². The average Bonchev–Trinajstić information content (AvgIpc) is 1.98. The van der Waals surface area contributed by atoms with Gasteiger partial charge in [-0.25, -0.2) is 0 Å². The largest absolute Gasteiger partial charge is 0.373 e. The number of hydrogen-bond donors (Lipinski definition) is 1. The monoisotopic (exact) mass is 242 g/mol. The summed E-state index contributed by atoms with van der Waals surface area (Å²) in [6, 6.07) is 6.57. The van der Waals surface area contributed by atoms with Crippen LogP contribution in [0.25, 0.3) is 0 Å². The summed E-state index contributed by atoms with van der Waals surface area (Å²) in [5.41, 5.74) is 9.69. The van der Waals surface area contributed by atoms with Gasteiger partial charge in [0.25, 0.3) is 0 Å². The highest BCUT2D eigenvalue weighted by atomic mass is 35.5. The van der Waals surface area contributed by atoms with Gasteiger partial charge in [0.1, 0.15) is 0 Å². The van der Waals surface area contributed by atoms with Crippen molar-refractivity contribution in [3.63, 3.8) is 0 Å². The normalized spacial score (nSPS) is 10.9. The molecule has 0 aliphatic carbocycles. The minimum atomic E-state index is -0.160. The first-order valence-corrected chi connectivity index (χ1v) is 5.36. The maximum absolute atomic E-state index is 6.01. The topological polar surface area (TPSA) is 29.3 Å². The predicted molar refractivity (Wildman–Crippen MR) is 74.7 cm³/mol. The molecule has 92 valence electrons. The lowest BCUT2D eigenvalue weighted by Crippen LogP contribution is -2.44. The quantitative estimate of drug-likeness (QED) is 0.883. The molecule has 0 amide bonds. The number of hydrogen-bond acceptors (Lipinski definition) is 2. The van der Waals surface area contributed by atoms with Gasteiger partial charge in [-0.2, -0.15) is 0 Å². The van der Waals surface area contributed by atoms with Crippen LogP contribution in [0.4, 0.5) is 5.69 Å². The maximum atomic E-state index is 6.01. The van der Waals surface area contributed by atoms with Crippen LogP contribution in [0, 0.1) is 13.8 Å². The molecule has 0 aliphatic heterocycles. The Kier molecular flexibility index (Phi) is 5.30. The fourth-order valence-corrected chi connectivity index (χ4v) is 1.87. The molecule has 1 aromatic rings. The Morgan fingerprint density at radius 2 is 1.56 bits per heavy atom. The Labute approximate surface area is 105 Å². The van der Waals surface area contributed by atoms with E-state index in [0.717, 1.165) is 6.54 Å². The van der Waals surface area contributed by atoms with Crippen LogP contribution >= 0.6 is 12.4 Å². The van der Waals surface area contributed by atoms with Crippen LogP contribution in [0.3, 0.4) is 0 Å². The van der Waals surface area contributed by atoms with Gasteiger partial charge in [-0.05, 0) is 51.0 Å². The number of anilines is 1. The molecule has 0 radical (unpaired) electrons. The van der Waals surface area contributed by atoms with Crippen LogP contribution in [0.2, 0.25) is 0 Å². The van der Waals surface area contributed by atoms with Crippen LogP contribution in [0.15, 0.2) is 18.2 Å². The molecular weight excluding hydrogens is 220 g/mol. The molecule has 2 N–H and O–H groups in total. The zero-order valence-corrected chi connectivity index (χ0v) is 11.7. The lowest BCUT2D eigenvalue weighted by molar-refractivity contribution is 0.519. The first-order chi connectivity index (χ1) is 6.78. The first-order valence-electron chi connectivity index (χ1n) is 5.36.